The van der Waals surface area contributed by atoms with E-state index in [0.29, 0.717) is 0 Å². The van der Waals surface area contributed by atoms with Crippen molar-refractivity contribution in [2.24, 2.45) is 0 Å². The van der Waals surface area contributed by atoms with Crippen molar-refractivity contribution in [2.75, 3.05) is 0 Å². The fourth-order valence-corrected chi connectivity index (χ4v) is 1.42. The summed E-state index contributed by atoms with van der Waals surface area (Å²) in [6, 6.07) is 0. The SMILES string of the molecule is O=S(=O)([O-])[C@@H](O)CC[C@H](O)S(=O)(=O)[O-]. The lowest BCUT2D eigenvalue weighted by molar-refractivity contribution is 0.176. The van der Waals surface area contributed by atoms with Crippen molar-refractivity contribution >= 4 is 20.2 Å². The molecule has 0 amide bonds. The van der Waals surface area contributed by atoms with Crippen LogP contribution in [0.5, 0.6) is 0 Å². The summed E-state index contributed by atoms with van der Waals surface area (Å²) in [5.41, 5.74) is -4.64. The summed E-state index contributed by atoms with van der Waals surface area (Å²) in [5, 5.41) is 17.2. The fraction of sp³-hybridized carbons (Fsp3) is 1.00. The summed E-state index contributed by atoms with van der Waals surface area (Å²) in [5.74, 6) is 0. The summed E-state index contributed by atoms with van der Waals surface area (Å²) < 4.78 is 60.5. The van der Waals surface area contributed by atoms with Gasteiger partial charge in [-0.25, -0.2) is 16.8 Å². The van der Waals surface area contributed by atoms with Gasteiger partial charge in [-0.15, -0.1) is 0 Å². The van der Waals surface area contributed by atoms with Crippen molar-refractivity contribution < 1.29 is 36.2 Å². The molecule has 10 heteroatoms. The van der Waals surface area contributed by atoms with Crippen LogP contribution in [-0.4, -0.2) is 47.0 Å². The third-order valence-corrected chi connectivity index (χ3v) is 3.13. The van der Waals surface area contributed by atoms with Crippen LogP contribution in [0, 0.1) is 0 Å². The van der Waals surface area contributed by atoms with Gasteiger partial charge in [0.15, 0.2) is 0 Å². The van der Waals surface area contributed by atoms with Crippen molar-refractivity contribution in [3.05, 3.63) is 0 Å². The Morgan fingerprint density at radius 1 is 0.857 bits per heavy atom. The summed E-state index contributed by atoms with van der Waals surface area (Å²) in [4.78, 5) is 0. The van der Waals surface area contributed by atoms with Crippen LogP contribution in [0.4, 0.5) is 0 Å². The van der Waals surface area contributed by atoms with Crippen LogP contribution in [-0.2, 0) is 20.2 Å². The fourth-order valence-electron chi connectivity index (χ4n) is 0.574. The van der Waals surface area contributed by atoms with Crippen LogP contribution in [0.25, 0.3) is 0 Å². The monoisotopic (exact) mass is 248 g/mol. The highest BCUT2D eigenvalue weighted by Gasteiger charge is 2.17. The Balaban J connectivity index is 4.23. The lowest BCUT2D eigenvalue weighted by Gasteiger charge is -2.18. The van der Waals surface area contributed by atoms with Crippen LogP contribution in [0.1, 0.15) is 12.8 Å². The molecule has 0 rings (SSSR count). The molecule has 14 heavy (non-hydrogen) atoms. The molecule has 0 fully saturated rings. The first-order valence-electron chi connectivity index (χ1n) is 3.30. The van der Waals surface area contributed by atoms with Gasteiger partial charge in [-0.3, -0.25) is 0 Å². The van der Waals surface area contributed by atoms with Gasteiger partial charge in [0.05, 0.1) is 0 Å². The number of hydrogen-bond acceptors (Lipinski definition) is 8. The number of aliphatic hydroxyl groups excluding tert-OH is 2. The van der Waals surface area contributed by atoms with Crippen molar-refractivity contribution in [3.63, 3.8) is 0 Å². The van der Waals surface area contributed by atoms with Crippen LogP contribution < -0.4 is 0 Å². The normalized spacial score (nSPS) is 17.7. The molecular formula is C4H8O8S2-2. The lowest BCUT2D eigenvalue weighted by atomic mass is 10.3. The topological polar surface area (TPSA) is 155 Å². The molecule has 0 bridgehead atoms. The first-order chi connectivity index (χ1) is 6.05. The molecule has 2 atom stereocenters. The van der Waals surface area contributed by atoms with Crippen molar-refractivity contribution in [1.82, 2.24) is 0 Å². The minimum absolute atomic E-state index is 0.811. The zero-order chi connectivity index (χ0) is 11.6. The van der Waals surface area contributed by atoms with E-state index in [0.717, 1.165) is 0 Å². The average molecular weight is 248 g/mol. The predicted molar refractivity (Wildman–Crippen MR) is 40.6 cm³/mol. The first-order valence-corrected chi connectivity index (χ1v) is 6.25. The van der Waals surface area contributed by atoms with E-state index in [9.17, 15) is 25.9 Å². The van der Waals surface area contributed by atoms with E-state index in [2.05, 4.69) is 0 Å². The van der Waals surface area contributed by atoms with Crippen LogP contribution >= 0.6 is 0 Å². The molecule has 8 nitrogen and oxygen atoms in total. The second-order valence-electron chi connectivity index (χ2n) is 2.47. The molecule has 0 aliphatic heterocycles. The highest BCUT2D eigenvalue weighted by atomic mass is 32.2. The third-order valence-electron chi connectivity index (χ3n) is 1.33. The van der Waals surface area contributed by atoms with Gasteiger partial charge in [0.2, 0.25) is 0 Å². The van der Waals surface area contributed by atoms with E-state index in [4.69, 9.17) is 10.2 Å². The molecule has 2 N–H and O–H groups in total. The Hall–Kier alpha value is -0.260. The van der Waals surface area contributed by atoms with Gasteiger partial charge < -0.3 is 19.3 Å². The summed E-state index contributed by atoms with van der Waals surface area (Å²) in [7, 11) is -9.89. The standard InChI is InChI=1S/C4H10O8S2/c5-3(13(7,8)9)1-2-4(6)14(10,11)12/h3-6H,1-2H2,(H,7,8,9)(H,10,11,12)/p-2/t3-,4-/m1/s1. The van der Waals surface area contributed by atoms with Crippen molar-refractivity contribution in [1.29, 1.82) is 0 Å². The second kappa shape index (κ2) is 4.51. The molecule has 0 aromatic rings. The highest BCUT2D eigenvalue weighted by Crippen LogP contribution is 2.09. The summed E-state index contributed by atoms with van der Waals surface area (Å²) in [6.07, 6.45) is -1.62. The molecule has 0 spiro atoms. The smallest absolute Gasteiger partial charge is 0.143 e. The Bertz CT molecular complexity index is 328. The van der Waals surface area contributed by atoms with Gasteiger partial charge in [-0.2, -0.15) is 0 Å². The molecule has 0 heterocycles. The van der Waals surface area contributed by atoms with Crippen LogP contribution in [0.15, 0.2) is 0 Å². The zero-order valence-electron chi connectivity index (χ0n) is 6.73. The molecule has 0 aromatic carbocycles. The van der Waals surface area contributed by atoms with E-state index in [1.54, 1.807) is 0 Å². The molecule has 0 radical (unpaired) electrons. The van der Waals surface area contributed by atoms with Crippen molar-refractivity contribution in [2.45, 2.75) is 23.7 Å². The Labute approximate surface area is 80.7 Å². The van der Waals surface area contributed by atoms with Crippen molar-refractivity contribution in [3.8, 4) is 0 Å². The molecular weight excluding hydrogens is 240 g/mol. The minimum Gasteiger partial charge on any atom is -0.746 e. The van der Waals surface area contributed by atoms with Gasteiger partial charge in [0.1, 0.15) is 31.1 Å². The molecule has 0 aliphatic carbocycles. The van der Waals surface area contributed by atoms with E-state index in [1.807, 2.05) is 0 Å². The summed E-state index contributed by atoms with van der Waals surface area (Å²) >= 11 is 0. The minimum atomic E-state index is -4.95. The van der Waals surface area contributed by atoms with Gasteiger partial charge in [0.25, 0.3) is 0 Å². The maximum atomic E-state index is 10.1. The Morgan fingerprint density at radius 2 is 1.07 bits per heavy atom. The number of hydrogen-bond donors (Lipinski definition) is 2. The largest absolute Gasteiger partial charge is 0.746 e. The molecule has 0 aliphatic rings. The van der Waals surface area contributed by atoms with Gasteiger partial charge >= 0.3 is 0 Å². The maximum Gasteiger partial charge on any atom is 0.143 e. The molecule has 0 saturated carbocycles. The molecule has 86 valence electrons. The van der Waals surface area contributed by atoms with E-state index >= 15 is 0 Å². The predicted octanol–water partition coefficient (Wildman–Crippen LogP) is -2.51. The van der Waals surface area contributed by atoms with Crippen LogP contribution in [0.2, 0.25) is 0 Å². The maximum absolute atomic E-state index is 10.1. The van der Waals surface area contributed by atoms with Gasteiger partial charge in [-0.1, -0.05) is 0 Å². The highest BCUT2D eigenvalue weighted by molar-refractivity contribution is 7.86. The van der Waals surface area contributed by atoms with E-state index < -0.39 is 43.9 Å². The average Bonchev–Trinajstić information content (AvgIpc) is 1.95. The second-order valence-corrected chi connectivity index (χ2v) is 5.53. The van der Waals surface area contributed by atoms with Crippen LogP contribution in [0.3, 0.4) is 0 Å². The molecule has 0 saturated heterocycles. The Morgan fingerprint density at radius 3 is 1.21 bits per heavy atom. The van der Waals surface area contributed by atoms with Gasteiger partial charge in [0, 0.05) is 0 Å². The zero-order valence-corrected chi connectivity index (χ0v) is 8.36. The van der Waals surface area contributed by atoms with Gasteiger partial charge in [-0.05, 0) is 12.8 Å². The molecule has 0 aromatic heterocycles. The summed E-state index contributed by atoms with van der Waals surface area (Å²) in [6.45, 7) is 0. The number of aliphatic hydroxyl groups is 2. The number of rotatable bonds is 5. The Kier molecular flexibility index (Phi) is 4.42. The van der Waals surface area contributed by atoms with E-state index in [1.165, 1.54) is 0 Å². The first kappa shape index (κ1) is 13.7. The molecule has 0 unspecified atom stereocenters. The van der Waals surface area contributed by atoms with E-state index in [-0.39, 0.29) is 0 Å². The lowest BCUT2D eigenvalue weighted by Crippen LogP contribution is -2.25. The third kappa shape index (κ3) is 4.83. The quantitative estimate of drug-likeness (QED) is 0.505.